The van der Waals surface area contributed by atoms with Crippen LogP contribution in [0.3, 0.4) is 0 Å². The second-order valence-corrected chi connectivity index (χ2v) is 10.6. The van der Waals surface area contributed by atoms with E-state index in [4.69, 9.17) is 10.4 Å². The number of aliphatic hydroxyl groups is 1. The highest BCUT2D eigenvalue weighted by molar-refractivity contribution is 5.81. The number of aromatic nitrogens is 3. The number of anilines is 1. The summed E-state index contributed by atoms with van der Waals surface area (Å²) in [6.07, 6.45) is 5.64. The Labute approximate surface area is 213 Å². The number of nitriles is 1. The van der Waals surface area contributed by atoms with Gasteiger partial charge in [0.05, 0.1) is 30.3 Å². The topological polar surface area (TPSA) is 92.7 Å². The third kappa shape index (κ3) is 5.54. The fourth-order valence-corrected chi connectivity index (χ4v) is 5.44. The maximum absolute atomic E-state index is 10.0. The molecule has 2 aromatic heterocycles. The smallest absolute Gasteiger partial charge is 0.241 e. The maximum atomic E-state index is 10.0. The summed E-state index contributed by atoms with van der Waals surface area (Å²) in [6, 6.07) is 13.4. The molecule has 8 heteroatoms. The van der Waals surface area contributed by atoms with E-state index in [0.29, 0.717) is 18.3 Å². The van der Waals surface area contributed by atoms with E-state index in [1.807, 2.05) is 17.6 Å². The lowest BCUT2D eigenvalue weighted by atomic mass is 9.85. The van der Waals surface area contributed by atoms with Gasteiger partial charge in [0, 0.05) is 55.9 Å². The molecule has 2 N–H and O–H groups in total. The van der Waals surface area contributed by atoms with Crippen LogP contribution in [0.2, 0.25) is 0 Å². The minimum atomic E-state index is -0.196. The summed E-state index contributed by atoms with van der Waals surface area (Å²) in [5, 5.41) is 27.2. The third-order valence-corrected chi connectivity index (χ3v) is 7.70. The average Bonchev–Trinajstić information content (AvgIpc) is 3.25. The summed E-state index contributed by atoms with van der Waals surface area (Å²) in [6.45, 7) is 7.43. The van der Waals surface area contributed by atoms with Gasteiger partial charge in [-0.1, -0.05) is 24.3 Å². The minimum Gasteiger partial charge on any atom is -0.393 e. The van der Waals surface area contributed by atoms with Gasteiger partial charge in [0.1, 0.15) is 0 Å². The standard InChI is InChI=1S/C28H37N7O/c1-20(11-12-29)31-28-30-18-27-25(17-26(35(27)32-28)23-7-9-24(36)10-8-23)22-5-3-21(4-6-22)19-34-15-13-33(2)14-16-34/h3-6,17-18,20,23-24,36H,7-11,13-16,19H2,1-2H3,(H,31,32)/t20-,23-,24-/m0/s1. The van der Waals surface area contributed by atoms with Crippen molar-refractivity contribution in [2.45, 2.75) is 63.6 Å². The summed E-state index contributed by atoms with van der Waals surface area (Å²) in [5.41, 5.74) is 5.80. The van der Waals surface area contributed by atoms with Crippen LogP contribution in [-0.2, 0) is 6.54 Å². The Hall–Kier alpha value is -2.99. The van der Waals surface area contributed by atoms with Crippen molar-refractivity contribution in [3.05, 3.63) is 47.8 Å². The van der Waals surface area contributed by atoms with Crippen molar-refractivity contribution in [3.8, 4) is 17.2 Å². The van der Waals surface area contributed by atoms with Crippen molar-refractivity contribution in [3.63, 3.8) is 0 Å². The summed E-state index contributed by atoms with van der Waals surface area (Å²) in [7, 11) is 2.19. The molecule has 0 radical (unpaired) electrons. The van der Waals surface area contributed by atoms with Gasteiger partial charge in [-0.2, -0.15) is 5.26 Å². The minimum absolute atomic E-state index is 0.0244. The van der Waals surface area contributed by atoms with Crippen LogP contribution >= 0.6 is 0 Å². The zero-order valence-corrected chi connectivity index (χ0v) is 21.4. The predicted octanol–water partition coefficient (Wildman–Crippen LogP) is 3.88. The molecule has 1 saturated carbocycles. The van der Waals surface area contributed by atoms with Crippen LogP contribution in [0.25, 0.3) is 16.6 Å². The summed E-state index contributed by atoms with van der Waals surface area (Å²) >= 11 is 0. The zero-order chi connectivity index (χ0) is 25.1. The van der Waals surface area contributed by atoms with Crippen LogP contribution < -0.4 is 5.32 Å². The Kier molecular flexibility index (Phi) is 7.51. The summed E-state index contributed by atoms with van der Waals surface area (Å²) in [5.74, 6) is 0.887. The van der Waals surface area contributed by atoms with Gasteiger partial charge in [-0.05, 0) is 56.8 Å². The molecule has 2 aliphatic rings. The first-order chi connectivity index (χ1) is 17.5. The monoisotopic (exact) mass is 487 g/mol. The molecule has 1 atom stereocenters. The highest BCUT2D eigenvalue weighted by Crippen LogP contribution is 2.37. The predicted molar refractivity (Wildman–Crippen MR) is 142 cm³/mol. The van der Waals surface area contributed by atoms with Crippen molar-refractivity contribution in [1.29, 1.82) is 5.26 Å². The van der Waals surface area contributed by atoms with Crippen molar-refractivity contribution < 1.29 is 5.11 Å². The van der Waals surface area contributed by atoms with Crippen LogP contribution in [0.1, 0.15) is 56.2 Å². The molecular formula is C28H37N7O. The molecule has 1 saturated heterocycles. The first-order valence-corrected chi connectivity index (χ1v) is 13.2. The van der Waals surface area contributed by atoms with Crippen LogP contribution in [-0.4, -0.2) is 74.9 Å². The van der Waals surface area contributed by atoms with Gasteiger partial charge in [-0.15, -0.1) is 5.10 Å². The number of nitrogens with zero attached hydrogens (tertiary/aromatic N) is 6. The molecule has 3 heterocycles. The number of aliphatic hydroxyl groups excluding tert-OH is 1. The van der Waals surface area contributed by atoms with Gasteiger partial charge in [0.15, 0.2) is 0 Å². The van der Waals surface area contributed by atoms with Gasteiger partial charge in [0.2, 0.25) is 5.95 Å². The van der Waals surface area contributed by atoms with Gasteiger partial charge in [0.25, 0.3) is 0 Å². The lowest BCUT2D eigenvalue weighted by molar-refractivity contribution is 0.121. The number of rotatable bonds is 7. The molecule has 0 unspecified atom stereocenters. The SMILES string of the molecule is C[C@@H](CC#N)Nc1ncc2c(-c3ccc(CN4CCN(C)CC4)cc3)cc([C@H]3CC[C@H](O)CC3)n2n1. The number of fused-ring (bicyclic) bond motifs is 1. The van der Waals surface area contributed by atoms with Crippen LogP contribution in [0.5, 0.6) is 0 Å². The Morgan fingerprint density at radius 1 is 1.11 bits per heavy atom. The second kappa shape index (κ2) is 11.0. The van der Waals surface area contributed by atoms with Crippen LogP contribution in [0.15, 0.2) is 36.5 Å². The normalized spacial score (nSPS) is 22.4. The Morgan fingerprint density at radius 3 is 2.53 bits per heavy atom. The molecule has 8 nitrogen and oxygen atoms in total. The Bertz CT molecular complexity index is 1200. The van der Waals surface area contributed by atoms with E-state index >= 15 is 0 Å². The fraction of sp³-hybridized carbons (Fsp3) is 0.536. The van der Waals surface area contributed by atoms with E-state index in [1.165, 1.54) is 16.8 Å². The summed E-state index contributed by atoms with van der Waals surface area (Å²) < 4.78 is 2.03. The Morgan fingerprint density at radius 2 is 1.83 bits per heavy atom. The molecule has 190 valence electrons. The lowest BCUT2D eigenvalue weighted by Gasteiger charge is -2.32. The highest BCUT2D eigenvalue weighted by Gasteiger charge is 2.26. The molecule has 0 amide bonds. The number of hydrogen-bond acceptors (Lipinski definition) is 7. The molecule has 0 bridgehead atoms. The van der Waals surface area contributed by atoms with Crippen molar-refractivity contribution in [2.75, 3.05) is 38.5 Å². The van der Waals surface area contributed by atoms with Gasteiger partial charge < -0.3 is 15.3 Å². The summed E-state index contributed by atoms with van der Waals surface area (Å²) in [4.78, 5) is 9.49. The van der Waals surface area contributed by atoms with Crippen LogP contribution in [0.4, 0.5) is 5.95 Å². The van der Waals surface area contributed by atoms with E-state index in [1.54, 1.807) is 0 Å². The van der Waals surface area contributed by atoms with Crippen molar-refractivity contribution in [2.24, 2.45) is 0 Å². The zero-order valence-electron chi connectivity index (χ0n) is 21.4. The second-order valence-electron chi connectivity index (χ2n) is 10.6. The number of hydrogen-bond donors (Lipinski definition) is 2. The number of benzene rings is 1. The van der Waals surface area contributed by atoms with Gasteiger partial charge in [-0.25, -0.2) is 9.50 Å². The molecule has 5 rings (SSSR count). The largest absolute Gasteiger partial charge is 0.393 e. The third-order valence-electron chi connectivity index (χ3n) is 7.70. The molecule has 1 aliphatic carbocycles. The van der Waals surface area contributed by atoms with E-state index in [-0.39, 0.29) is 12.1 Å². The van der Waals surface area contributed by atoms with Crippen molar-refractivity contribution >= 4 is 11.5 Å². The average molecular weight is 488 g/mol. The van der Waals surface area contributed by atoms with E-state index < -0.39 is 0 Å². The van der Waals surface area contributed by atoms with Gasteiger partial charge >= 0.3 is 0 Å². The molecular weight excluding hydrogens is 450 g/mol. The quantitative estimate of drug-likeness (QED) is 0.522. The van der Waals surface area contributed by atoms with Crippen LogP contribution in [0, 0.1) is 11.3 Å². The van der Waals surface area contributed by atoms with Gasteiger partial charge in [-0.3, -0.25) is 4.90 Å². The molecule has 0 spiro atoms. The maximum Gasteiger partial charge on any atom is 0.241 e. The first-order valence-electron chi connectivity index (χ1n) is 13.2. The molecule has 3 aromatic rings. The van der Waals surface area contributed by atoms with E-state index in [0.717, 1.165) is 69.5 Å². The molecule has 1 aromatic carbocycles. The van der Waals surface area contributed by atoms with Crippen molar-refractivity contribution in [1.82, 2.24) is 24.4 Å². The molecule has 2 fully saturated rings. The molecule has 1 aliphatic heterocycles. The van der Waals surface area contributed by atoms with E-state index in [2.05, 4.69) is 63.5 Å². The Balaban J connectivity index is 1.43. The number of likely N-dealkylation sites (N-methyl/N-ethyl adjacent to an activating group) is 1. The fourth-order valence-electron chi connectivity index (χ4n) is 5.44. The number of piperazine rings is 1. The lowest BCUT2D eigenvalue weighted by Crippen LogP contribution is -2.43. The molecule has 36 heavy (non-hydrogen) atoms. The van der Waals surface area contributed by atoms with E-state index in [9.17, 15) is 5.11 Å². The first kappa shape index (κ1) is 24.7. The highest BCUT2D eigenvalue weighted by atomic mass is 16.3. The number of nitrogens with one attached hydrogen (secondary N) is 1.